The van der Waals surface area contributed by atoms with Crippen LogP contribution < -0.4 is 0 Å². The second-order valence-electron chi connectivity index (χ2n) is 2.22. The standard InChI is InChI=1S/C8H16O2Si/c1-3-7(9)5-8(4-2)10-6-11/h5H,3-4,6H2,1-2,11H3/b8-5-. The van der Waals surface area contributed by atoms with Gasteiger partial charge in [0.25, 0.3) is 0 Å². The maximum atomic E-state index is 10.9. The highest BCUT2D eigenvalue weighted by Gasteiger charge is 1.97. The molecule has 0 amide bonds. The summed E-state index contributed by atoms with van der Waals surface area (Å²) in [7, 11) is 1.02. The average molecular weight is 172 g/mol. The van der Waals surface area contributed by atoms with Crippen molar-refractivity contribution in [2.75, 3.05) is 6.23 Å². The van der Waals surface area contributed by atoms with Crippen LogP contribution >= 0.6 is 0 Å². The molecule has 0 aliphatic carbocycles. The highest BCUT2D eigenvalue weighted by Crippen LogP contribution is 2.02. The van der Waals surface area contributed by atoms with Gasteiger partial charge < -0.3 is 4.74 Å². The third-order valence-corrected chi connectivity index (χ3v) is 1.64. The summed E-state index contributed by atoms with van der Waals surface area (Å²) < 4.78 is 5.27. The van der Waals surface area contributed by atoms with Crippen molar-refractivity contribution in [3.05, 3.63) is 11.8 Å². The number of carbonyl (C=O) groups is 1. The van der Waals surface area contributed by atoms with E-state index in [1.54, 1.807) is 6.08 Å². The zero-order valence-electron chi connectivity index (χ0n) is 7.52. The van der Waals surface area contributed by atoms with Gasteiger partial charge in [0.1, 0.15) is 0 Å². The van der Waals surface area contributed by atoms with Crippen LogP contribution in [0.15, 0.2) is 11.8 Å². The van der Waals surface area contributed by atoms with Crippen molar-refractivity contribution < 1.29 is 9.53 Å². The van der Waals surface area contributed by atoms with Gasteiger partial charge in [0, 0.05) is 18.9 Å². The van der Waals surface area contributed by atoms with Crippen LogP contribution in [0.4, 0.5) is 0 Å². The van der Waals surface area contributed by atoms with Gasteiger partial charge in [-0.25, -0.2) is 0 Å². The molecule has 0 atom stereocenters. The van der Waals surface area contributed by atoms with Gasteiger partial charge in [0.05, 0.1) is 22.2 Å². The fourth-order valence-corrected chi connectivity index (χ4v) is 1.08. The molecule has 0 aromatic heterocycles. The van der Waals surface area contributed by atoms with Crippen LogP contribution in [0.25, 0.3) is 0 Å². The molecular weight excluding hydrogens is 156 g/mol. The third-order valence-electron chi connectivity index (χ3n) is 1.35. The maximum Gasteiger partial charge on any atom is 0.158 e. The summed E-state index contributed by atoms with van der Waals surface area (Å²) in [5, 5.41) is 0. The smallest absolute Gasteiger partial charge is 0.158 e. The Labute approximate surface area is 71.1 Å². The molecule has 0 radical (unpaired) electrons. The predicted octanol–water partition coefficient (Wildman–Crippen LogP) is 0.599. The van der Waals surface area contributed by atoms with Crippen LogP contribution in [-0.4, -0.2) is 22.3 Å². The molecule has 0 aliphatic rings. The van der Waals surface area contributed by atoms with Gasteiger partial charge in [-0.05, 0) is 0 Å². The van der Waals surface area contributed by atoms with Crippen LogP contribution in [0, 0.1) is 0 Å². The molecular formula is C8H16O2Si. The van der Waals surface area contributed by atoms with Crippen LogP contribution in [0.3, 0.4) is 0 Å². The molecule has 0 heterocycles. The van der Waals surface area contributed by atoms with Crippen molar-refractivity contribution >= 4 is 16.0 Å². The molecule has 0 fully saturated rings. The van der Waals surface area contributed by atoms with Crippen molar-refractivity contribution in [1.29, 1.82) is 0 Å². The minimum Gasteiger partial charge on any atom is -0.502 e. The van der Waals surface area contributed by atoms with E-state index < -0.39 is 0 Å². The van der Waals surface area contributed by atoms with Crippen LogP contribution in [0.1, 0.15) is 26.7 Å². The topological polar surface area (TPSA) is 26.3 Å². The number of ketones is 1. The van der Waals surface area contributed by atoms with Gasteiger partial charge in [0.2, 0.25) is 0 Å². The van der Waals surface area contributed by atoms with E-state index in [9.17, 15) is 4.79 Å². The van der Waals surface area contributed by atoms with Crippen molar-refractivity contribution in [2.24, 2.45) is 0 Å². The molecule has 3 heteroatoms. The molecule has 0 aliphatic heterocycles. The molecule has 0 aromatic rings. The van der Waals surface area contributed by atoms with Crippen molar-refractivity contribution in [2.45, 2.75) is 26.7 Å². The zero-order valence-corrected chi connectivity index (χ0v) is 9.52. The summed E-state index contributed by atoms with van der Waals surface area (Å²) in [4.78, 5) is 10.9. The molecule has 0 unspecified atom stereocenters. The Balaban J connectivity index is 3.99. The monoisotopic (exact) mass is 172 g/mol. The lowest BCUT2D eigenvalue weighted by molar-refractivity contribution is -0.114. The van der Waals surface area contributed by atoms with E-state index >= 15 is 0 Å². The molecule has 11 heavy (non-hydrogen) atoms. The quantitative estimate of drug-likeness (QED) is 0.345. The lowest BCUT2D eigenvalue weighted by Crippen LogP contribution is -1.97. The van der Waals surface area contributed by atoms with Gasteiger partial charge in [-0.1, -0.05) is 13.8 Å². The summed E-state index contributed by atoms with van der Waals surface area (Å²) in [5.74, 6) is 0.976. The first kappa shape index (κ1) is 10.4. The highest BCUT2D eigenvalue weighted by molar-refractivity contribution is 6.08. The number of ether oxygens (including phenoxy) is 1. The first-order chi connectivity index (χ1) is 5.24. The van der Waals surface area contributed by atoms with Crippen LogP contribution in [0.5, 0.6) is 0 Å². The van der Waals surface area contributed by atoms with E-state index in [0.717, 1.165) is 28.7 Å². The van der Waals surface area contributed by atoms with Crippen molar-refractivity contribution in [1.82, 2.24) is 0 Å². The summed E-state index contributed by atoms with van der Waals surface area (Å²) in [6.07, 6.45) is 3.76. The third kappa shape index (κ3) is 4.78. The minimum absolute atomic E-state index is 0.150. The largest absolute Gasteiger partial charge is 0.502 e. The Morgan fingerprint density at radius 1 is 1.45 bits per heavy atom. The predicted molar refractivity (Wildman–Crippen MR) is 49.6 cm³/mol. The molecule has 0 saturated carbocycles. The van der Waals surface area contributed by atoms with E-state index in [1.165, 1.54) is 0 Å². The normalized spacial score (nSPS) is 11.6. The van der Waals surface area contributed by atoms with E-state index in [2.05, 4.69) is 0 Å². The van der Waals surface area contributed by atoms with E-state index in [-0.39, 0.29) is 5.78 Å². The molecule has 0 N–H and O–H groups in total. The highest BCUT2D eigenvalue weighted by atomic mass is 28.1. The second-order valence-corrected chi connectivity index (χ2v) is 2.79. The lowest BCUT2D eigenvalue weighted by atomic mass is 10.2. The van der Waals surface area contributed by atoms with E-state index in [0.29, 0.717) is 6.42 Å². The van der Waals surface area contributed by atoms with Gasteiger partial charge in [-0.2, -0.15) is 0 Å². The fraction of sp³-hybridized carbons (Fsp3) is 0.625. The Hall–Kier alpha value is -0.573. The number of hydrogen-bond acceptors (Lipinski definition) is 2. The minimum atomic E-state index is 0.150. The summed E-state index contributed by atoms with van der Waals surface area (Å²) in [5.41, 5.74) is 0. The summed E-state index contributed by atoms with van der Waals surface area (Å²) in [6, 6.07) is 0. The number of hydrogen-bond donors (Lipinski definition) is 0. The SMILES string of the molecule is CCC(=O)/C=C(/CC)OC[SiH3]. The molecule has 2 nitrogen and oxygen atoms in total. The molecule has 64 valence electrons. The average Bonchev–Trinajstić information content (AvgIpc) is 2.03. The maximum absolute atomic E-state index is 10.9. The molecule has 0 saturated heterocycles. The van der Waals surface area contributed by atoms with Crippen LogP contribution in [-0.2, 0) is 9.53 Å². The molecule has 0 rings (SSSR count). The first-order valence-corrected chi connectivity index (χ1v) is 5.52. The zero-order chi connectivity index (χ0) is 8.69. The van der Waals surface area contributed by atoms with Gasteiger partial charge in [-0.15, -0.1) is 0 Å². The molecule has 0 bridgehead atoms. The molecule has 0 aromatic carbocycles. The van der Waals surface area contributed by atoms with Crippen LogP contribution in [0.2, 0.25) is 0 Å². The Morgan fingerprint density at radius 2 is 2.09 bits per heavy atom. The Morgan fingerprint density at radius 3 is 2.45 bits per heavy atom. The van der Waals surface area contributed by atoms with Gasteiger partial charge in [0.15, 0.2) is 5.78 Å². The first-order valence-electron chi connectivity index (χ1n) is 4.10. The Kier molecular flexibility index (Phi) is 5.84. The van der Waals surface area contributed by atoms with E-state index in [4.69, 9.17) is 4.74 Å². The molecule has 0 spiro atoms. The fourth-order valence-electron chi connectivity index (χ4n) is 0.713. The Bertz CT molecular complexity index is 152. The second kappa shape index (κ2) is 6.16. The van der Waals surface area contributed by atoms with Gasteiger partial charge in [-0.3, -0.25) is 4.79 Å². The summed E-state index contributed by atoms with van der Waals surface area (Å²) in [6.45, 7) is 3.85. The van der Waals surface area contributed by atoms with Crippen molar-refractivity contribution in [3.8, 4) is 0 Å². The van der Waals surface area contributed by atoms with Gasteiger partial charge >= 0.3 is 0 Å². The van der Waals surface area contributed by atoms with Crippen molar-refractivity contribution in [3.63, 3.8) is 0 Å². The van der Waals surface area contributed by atoms with E-state index in [1.807, 2.05) is 13.8 Å². The lowest BCUT2D eigenvalue weighted by Gasteiger charge is -2.04. The summed E-state index contributed by atoms with van der Waals surface area (Å²) >= 11 is 0. The number of rotatable bonds is 5. The number of allylic oxidation sites excluding steroid dienone is 2. The number of carbonyl (C=O) groups excluding carboxylic acids is 1.